The maximum Gasteiger partial charge on any atom is 0.223 e. The Morgan fingerprint density at radius 2 is 1.83 bits per heavy atom. The second-order valence-electron chi connectivity index (χ2n) is 2.01. The van der Waals surface area contributed by atoms with Crippen molar-refractivity contribution in [2.45, 2.75) is 0 Å². The molecule has 0 saturated heterocycles. The summed E-state index contributed by atoms with van der Waals surface area (Å²) in [6, 6.07) is 4.72. The van der Waals surface area contributed by atoms with Crippen LogP contribution in [0.15, 0.2) is 12.1 Å². The summed E-state index contributed by atoms with van der Waals surface area (Å²) in [5.41, 5.74) is 0.551. The monoisotopic (exact) mass is 196 g/mol. The number of nitrogens with zero attached hydrogens (tertiary/aromatic N) is 2. The van der Waals surface area contributed by atoms with Crippen molar-refractivity contribution in [2.75, 3.05) is 0 Å². The minimum absolute atomic E-state index is 0.192. The van der Waals surface area contributed by atoms with Gasteiger partial charge in [-0.15, -0.1) is 0 Å². The fraction of sp³-hybridized carbons (Fsp3) is 0. The van der Waals surface area contributed by atoms with E-state index in [0.717, 1.165) is 0 Å². The predicted molar refractivity (Wildman–Crippen MR) is 47.4 cm³/mol. The minimum Gasteiger partial charge on any atom is -0.235 e. The van der Waals surface area contributed by atoms with Gasteiger partial charge in [0.2, 0.25) is 5.69 Å². The molecule has 0 heterocycles. The lowest BCUT2D eigenvalue weighted by Gasteiger charge is -1.97. The first-order chi connectivity index (χ1) is 5.69. The highest BCUT2D eigenvalue weighted by atomic mass is 35.5. The van der Waals surface area contributed by atoms with Crippen molar-refractivity contribution in [3.05, 3.63) is 39.2 Å². The molecule has 0 aliphatic rings. The molecule has 0 bridgehead atoms. The standard InChI is InChI=1S/C8H2Cl2N2/c1-12-8-6(9)2-5(4-11)3-7(8)10/h2-3H. The fourth-order valence-electron chi connectivity index (χ4n) is 0.737. The number of halogens is 2. The van der Waals surface area contributed by atoms with Crippen LogP contribution in [-0.4, -0.2) is 0 Å². The second-order valence-corrected chi connectivity index (χ2v) is 2.83. The largest absolute Gasteiger partial charge is 0.235 e. The second kappa shape index (κ2) is 3.45. The first-order valence-corrected chi connectivity index (χ1v) is 3.71. The van der Waals surface area contributed by atoms with Gasteiger partial charge in [0.05, 0.1) is 18.2 Å². The zero-order chi connectivity index (χ0) is 9.14. The molecule has 0 radical (unpaired) electrons. The van der Waals surface area contributed by atoms with E-state index in [2.05, 4.69) is 4.85 Å². The summed E-state index contributed by atoms with van der Waals surface area (Å²) in [4.78, 5) is 3.12. The number of nitriles is 1. The number of rotatable bonds is 0. The van der Waals surface area contributed by atoms with E-state index in [1.807, 2.05) is 6.07 Å². The Morgan fingerprint density at radius 3 is 2.17 bits per heavy atom. The number of hydrogen-bond donors (Lipinski definition) is 0. The summed E-state index contributed by atoms with van der Waals surface area (Å²) in [5, 5.41) is 8.94. The lowest BCUT2D eigenvalue weighted by molar-refractivity contribution is 1.49. The molecule has 0 saturated carbocycles. The number of benzene rings is 1. The van der Waals surface area contributed by atoms with Crippen LogP contribution in [0.3, 0.4) is 0 Å². The molecule has 1 aromatic carbocycles. The van der Waals surface area contributed by atoms with Gasteiger partial charge >= 0.3 is 0 Å². The molecule has 0 fully saturated rings. The summed E-state index contributed by atoms with van der Waals surface area (Å²) in [6.07, 6.45) is 0. The van der Waals surface area contributed by atoms with Crippen LogP contribution in [-0.2, 0) is 0 Å². The van der Waals surface area contributed by atoms with Gasteiger partial charge in [-0.25, -0.2) is 4.85 Å². The summed E-state index contributed by atoms with van der Waals surface area (Å²) in [7, 11) is 0. The van der Waals surface area contributed by atoms with Crippen molar-refractivity contribution >= 4 is 28.9 Å². The van der Waals surface area contributed by atoms with Crippen molar-refractivity contribution in [1.82, 2.24) is 0 Å². The van der Waals surface area contributed by atoms with Gasteiger partial charge in [0, 0.05) is 10.0 Å². The van der Waals surface area contributed by atoms with E-state index in [4.69, 9.17) is 35.0 Å². The molecule has 1 rings (SSSR count). The van der Waals surface area contributed by atoms with Crippen molar-refractivity contribution in [3.8, 4) is 6.07 Å². The Hall–Kier alpha value is -1.22. The normalized spacial score (nSPS) is 8.67. The van der Waals surface area contributed by atoms with Crippen molar-refractivity contribution < 1.29 is 0 Å². The van der Waals surface area contributed by atoms with Gasteiger partial charge in [0.1, 0.15) is 0 Å². The molecule has 0 N–H and O–H groups in total. The SMILES string of the molecule is [C-]#[N+]c1c(Cl)cc(C#N)cc1Cl. The van der Waals surface area contributed by atoms with Crippen LogP contribution in [0.5, 0.6) is 0 Å². The molecule has 0 unspecified atom stereocenters. The highest BCUT2D eigenvalue weighted by Crippen LogP contribution is 2.33. The third-order valence-corrected chi connectivity index (χ3v) is 1.83. The molecule has 0 aliphatic heterocycles. The Morgan fingerprint density at radius 1 is 1.33 bits per heavy atom. The highest BCUT2D eigenvalue weighted by Gasteiger charge is 2.06. The quantitative estimate of drug-likeness (QED) is 0.585. The highest BCUT2D eigenvalue weighted by molar-refractivity contribution is 6.39. The maximum absolute atomic E-state index is 8.51. The summed E-state index contributed by atoms with van der Waals surface area (Å²) in [6.45, 7) is 6.73. The lowest BCUT2D eigenvalue weighted by Crippen LogP contribution is -1.75. The average molecular weight is 197 g/mol. The fourth-order valence-corrected chi connectivity index (χ4v) is 1.31. The average Bonchev–Trinajstić information content (AvgIpc) is 2.03. The third-order valence-electron chi connectivity index (χ3n) is 1.26. The van der Waals surface area contributed by atoms with E-state index in [0.29, 0.717) is 5.56 Å². The third kappa shape index (κ3) is 1.51. The van der Waals surface area contributed by atoms with Crippen molar-refractivity contribution in [1.29, 1.82) is 5.26 Å². The maximum atomic E-state index is 8.51. The van der Waals surface area contributed by atoms with Gasteiger partial charge in [0.25, 0.3) is 0 Å². The Bertz CT molecular complexity index is 375. The van der Waals surface area contributed by atoms with E-state index < -0.39 is 0 Å². The molecular formula is C8H2Cl2N2. The molecule has 1 aromatic rings. The van der Waals surface area contributed by atoms with Gasteiger partial charge in [0.15, 0.2) is 0 Å². The number of hydrogen-bond acceptors (Lipinski definition) is 1. The molecule has 2 nitrogen and oxygen atoms in total. The van der Waals surface area contributed by atoms with E-state index in [1.54, 1.807) is 0 Å². The first-order valence-electron chi connectivity index (χ1n) is 2.95. The van der Waals surface area contributed by atoms with Crippen LogP contribution in [0, 0.1) is 17.9 Å². The van der Waals surface area contributed by atoms with Crippen molar-refractivity contribution in [2.24, 2.45) is 0 Å². The van der Waals surface area contributed by atoms with Gasteiger partial charge in [-0.1, -0.05) is 23.2 Å². The molecule has 0 atom stereocenters. The zero-order valence-electron chi connectivity index (χ0n) is 5.81. The summed E-state index contributed by atoms with van der Waals surface area (Å²) in [5.74, 6) is 0. The summed E-state index contributed by atoms with van der Waals surface area (Å²) < 4.78 is 0. The Kier molecular flexibility index (Phi) is 2.55. The zero-order valence-corrected chi connectivity index (χ0v) is 7.32. The summed E-state index contributed by atoms with van der Waals surface area (Å²) >= 11 is 11.3. The van der Waals surface area contributed by atoms with Crippen LogP contribution in [0.25, 0.3) is 4.85 Å². The molecule has 0 spiro atoms. The topological polar surface area (TPSA) is 28.1 Å². The van der Waals surface area contributed by atoms with Crippen LogP contribution >= 0.6 is 23.2 Å². The Labute approximate surface area is 79.8 Å². The van der Waals surface area contributed by atoms with E-state index in [1.165, 1.54) is 12.1 Å². The lowest BCUT2D eigenvalue weighted by atomic mass is 10.2. The van der Waals surface area contributed by atoms with E-state index >= 15 is 0 Å². The van der Waals surface area contributed by atoms with Crippen molar-refractivity contribution in [3.63, 3.8) is 0 Å². The van der Waals surface area contributed by atoms with Gasteiger partial charge in [-0.2, -0.15) is 5.26 Å². The van der Waals surface area contributed by atoms with Gasteiger partial charge in [-0.3, -0.25) is 0 Å². The molecule has 4 heteroatoms. The van der Waals surface area contributed by atoms with Crippen LogP contribution in [0.2, 0.25) is 10.0 Å². The molecule has 0 aromatic heterocycles. The molecule has 58 valence electrons. The van der Waals surface area contributed by atoms with E-state index in [-0.39, 0.29) is 15.7 Å². The predicted octanol–water partition coefficient (Wildman–Crippen LogP) is 3.42. The first kappa shape index (κ1) is 8.87. The van der Waals surface area contributed by atoms with Gasteiger partial charge in [-0.05, 0) is 12.1 Å². The van der Waals surface area contributed by atoms with E-state index in [9.17, 15) is 0 Å². The van der Waals surface area contributed by atoms with Crippen LogP contribution in [0.4, 0.5) is 5.69 Å². The minimum atomic E-state index is 0.192. The smallest absolute Gasteiger partial charge is 0.223 e. The Balaban J connectivity index is 3.43. The van der Waals surface area contributed by atoms with Gasteiger partial charge < -0.3 is 0 Å². The van der Waals surface area contributed by atoms with Crippen LogP contribution in [0.1, 0.15) is 5.56 Å². The molecule has 12 heavy (non-hydrogen) atoms. The molecule has 0 aliphatic carbocycles. The molecule has 0 amide bonds. The molecular weight excluding hydrogens is 195 g/mol. The van der Waals surface area contributed by atoms with Crippen LogP contribution < -0.4 is 0 Å².